The number of benzene rings is 6. The van der Waals surface area contributed by atoms with Crippen LogP contribution < -0.4 is 0 Å². The molecule has 0 amide bonds. The third-order valence-electron chi connectivity index (χ3n) is 10.4. The molecule has 10 aromatic rings. The number of fused-ring (bicyclic) bond motifs is 3. The molecule has 0 atom stereocenters. The smallest absolute Gasteiger partial charge is 0.160 e. The van der Waals surface area contributed by atoms with Crippen LogP contribution in [0.5, 0.6) is 0 Å². The Kier molecular flexibility index (Phi) is 8.65. The first kappa shape index (κ1) is 33.9. The van der Waals surface area contributed by atoms with Gasteiger partial charge in [0.1, 0.15) is 0 Å². The fourth-order valence-corrected chi connectivity index (χ4v) is 7.52. The normalized spacial score (nSPS) is 11.2. The summed E-state index contributed by atoms with van der Waals surface area (Å²) in [6, 6.07) is 63.4. The summed E-state index contributed by atoms with van der Waals surface area (Å²) >= 11 is 0. The quantitative estimate of drug-likeness (QED) is 0.153. The molecule has 0 aliphatic carbocycles. The Hall–Kier alpha value is -7.63. The average Bonchev–Trinajstić information content (AvgIpc) is 3.29. The Morgan fingerprint density at radius 1 is 0.351 bits per heavy atom. The number of aryl methyl sites for hydroxylation is 1. The minimum absolute atomic E-state index is 0.667. The van der Waals surface area contributed by atoms with Gasteiger partial charge in [0, 0.05) is 51.1 Å². The van der Waals surface area contributed by atoms with E-state index in [1.54, 1.807) is 6.20 Å². The molecule has 5 nitrogen and oxygen atoms in total. The van der Waals surface area contributed by atoms with Crippen molar-refractivity contribution in [3.05, 3.63) is 200 Å². The fraction of sp³-hybridized carbons (Fsp3) is 0.0192. The maximum absolute atomic E-state index is 5.26. The molecule has 57 heavy (non-hydrogen) atoms. The lowest BCUT2D eigenvalue weighted by molar-refractivity contribution is 1.18. The highest BCUT2D eigenvalue weighted by molar-refractivity contribution is 6.09. The van der Waals surface area contributed by atoms with Gasteiger partial charge in [0.05, 0.1) is 28.1 Å². The Morgan fingerprint density at radius 2 is 0.912 bits per heavy atom. The number of rotatable bonds is 7. The minimum Gasteiger partial charge on any atom is -0.264 e. The van der Waals surface area contributed by atoms with Crippen molar-refractivity contribution in [3.8, 4) is 78.5 Å². The van der Waals surface area contributed by atoms with E-state index in [1.165, 1.54) is 0 Å². The summed E-state index contributed by atoms with van der Waals surface area (Å²) in [5.41, 5.74) is 16.2. The van der Waals surface area contributed by atoms with Crippen LogP contribution in [0, 0.1) is 6.92 Å². The number of aromatic nitrogens is 5. The molecule has 0 radical (unpaired) electrons. The van der Waals surface area contributed by atoms with Gasteiger partial charge in [0.2, 0.25) is 0 Å². The summed E-state index contributed by atoms with van der Waals surface area (Å²) in [5.74, 6) is 0.667. The first-order chi connectivity index (χ1) is 28.1. The van der Waals surface area contributed by atoms with Crippen LogP contribution in [0.1, 0.15) is 5.69 Å². The van der Waals surface area contributed by atoms with Crippen LogP contribution >= 0.6 is 0 Å². The summed E-state index contributed by atoms with van der Waals surface area (Å²) in [4.78, 5) is 24.6. The zero-order valence-corrected chi connectivity index (χ0v) is 31.2. The zero-order chi connectivity index (χ0) is 38.1. The summed E-state index contributed by atoms with van der Waals surface area (Å²) in [6.07, 6.45) is 3.62. The molecular formula is C52H35N5. The lowest BCUT2D eigenvalue weighted by atomic mass is 9.95. The highest BCUT2D eigenvalue weighted by atomic mass is 14.9. The molecule has 4 aromatic heterocycles. The van der Waals surface area contributed by atoms with Gasteiger partial charge in [-0.2, -0.15) is 0 Å². The Bertz CT molecular complexity index is 3000. The van der Waals surface area contributed by atoms with Crippen molar-refractivity contribution >= 4 is 21.8 Å². The molecule has 0 bridgehead atoms. The standard InChI is InChI=1S/C52H35N5/c1-34-20-21-39-26-27-45-46(36-11-4-2-5-12-36)31-47(55-51(45)50(39)54-34)38-24-22-35(23-25-38)40-15-8-16-41(29-40)42-17-9-18-43(30-42)52-56-48(37-13-6-3-7-14-37)32-49(57-52)44-19-10-28-53-33-44/h2-33H,1H3. The van der Waals surface area contributed by atoms with Crippen molar-refractivity contribution < 1.29 is 0 Å². The Labute approximate surface area is 331 Å². The second-order valence-corrected chi connectivity index (χ2v) is 14.2. The lowest BCUT2D eigenvalue weighted by Gasteiger charge is -2.13. The average molecular weight is 730 g/mol. The Morgan fingerprint density at radius 3 is 1.63 bits per heavy atom. The monoisotopic (exact) mass is 729 g/mol. The number of nitrogens with zero attached hydrogens (tertiary/aromatic N) is 5. The van der Waals surface area contributed by atoms with Crippen molar-refractivity contribution in [2.75, 3.05) is 0 Å². The van der Waals surface area contributed by atoms with Crippen LogP contribution in [0.15, 0.2) is 194 Å². The summed E-state index contributed by atoms with van der Waals surface area (Å²) < 4.78 is 0. The van der Waals surface area contributed by atoms with Gasteiger partial charge in [-0.25, -0.2) is 15.0 Å². The molecule has 0 aliphatic rings. The van der Waals surface area contributed by atoms with Crippen LogP contribution in [0.3, 0.4) is 0 Å². The highest BCUT2D eigenvalue weighted by Crippen LogP contribution is 2.37. The third-order valence-corrected chi connectivity index (χ3v) is 10.4. The van der Waals surface area contributed by atoms with E-state index >= 15 is 0 Å². The van der Waals surface area contributed by atoms with Crippen LogP contribution in [0.2, 0.25) is 0 Å². The van der Waals surface area contributed by atoms with Crippen LogP contribution in [-0.4, -0.2) is 24.9 Å². The SMILES string of the molecule is Cc1ccc2ccc3c(-c4ccccc4)cc(-c4ccc(-c5cccc(-c6cccc(-c7nc(-c8ccccc8)cc(-c8cccnc8)n7)c6)c5)cc4)nc3c2n1. The van der Waals surface area contributed by atoms with Gasteiger partial charge in [-0.05, 0) is 82.8 Å². The van der Waals surface area contributed by atoms with Crippen molar-refractivity contribution in [2.24, 2.45) is 0 Å². The second kappa shape index (κ2) is 14.5. The maximum Gasteiger partial charge on any atom is 0.160 e. The van der Waals surface area contributed by atoms with Crippen LogP contribution in [-0.2, 0) is 0 Å². The van der Waals surface area contributed by atoms with E-state index in [0.29, 0.717) is 5.82 Å². The fourth-order valence-electron chi connectivity index (χ4n) is 7.52. The largest absolute Gasteiger partial charge is 0.264 e. The van der Waals surface area contributed by atoms with Gasteiger partial charge in [-0.1, -0.05) is 140 Å². The molecule has 10 rings (SSSR count). The number of pyridine rings is 3. The van der Waals surface area contributed by atoms with E-state index in [-0.39, 0.29) is 0 Å². The molecule has 6 aromatic carbocycles. The molecule has 0 saturated carbocycles. The van der Waals surface area contributed by atoms with Crippen molar-refractivity contribution in [3.63, 3.8) is 0 Å². The van der Waals surface area contributed by atoms with E-state index in [0.717, 1.165) is 100 Å². The molecule has 0 saturated heterocycles. The van der Waals surface area contributed by atoms with Crippen molar-refractivity contribution in [1.29, 1.82) is 0 Å². The molecule has 0 spiro atoms. The third kappa shape index (κ3) is 6.72. The van der Waals surface area contributed by atoms with Gasteiger partial charge < -0.3 is 0 Å². The van der Waals surface area contributed by atoms with E-state index in [9.17, 15) is 0 Å². The predicted octanol–water partition coefficient (Wildman–Crippen LogP) is 12.9. The molecule has 0 aliphatic heterocycles. The second-order valence-electron chi connectivity index (χ2n) is 14.2. The zero-order valence-electron chi connectivity index (χ0n) is 31.2. The molecule has 0 N–H and O–H groups in total. The topological polar surface area (TPSA) is 64.5 Å². The first-order valence-electron chi connectivity index (χ1n) is 19.1. The van der Waals surface area contributed by atoms with Crippen LogP contribution in [0.25, 0.3) is 100 Å². The minimum atomic E-state index is 0.667. The molecular weight excluding hydrogens is 695 g/mol. The van der Waals surface area contributed by atoms with E-state index < -0.39 is 0 Å². The number of hydrogen-bond acceptors (Lipinski definition) is 5. The molecule has 0 unspecified atom stereocenters. The van der Waals surface area contributed by atoms with E-state index in [1.807, 2.05) is 49.5 Å². The molecule has 4 heterocycles. The summed E-state index contributed by atoms with van der Waals surface area (Å²) in [5, 5.41) is 2.18. The molecule has 268 valence electrons. The van der Waals surface area contributed by atoms with Gasteiger partial charge in [0.25, 0.3) is 0 Å². The lowest BCUT2D eigenvalue weighted by Crippen LogP contribution is -1.96. The number of hydrogen-bond donors (Lipinski definition) is 0. The summed E-state index contributed by atoms with van der Waals surface area (Å²) in [6.45, 7) is 2.03. The van der Waals surface area contributed by atoms with Gasteiger partial charge in [0.15, 0.2) is 5.82 Å². The van der Waals surface area contributed by atoms with Crippen LogP contribution in [0.4, 0.5) is 0 Å². The molecule has 0 fully saturated rings. The molecule has 5 heteroatoms. The van der Waals surface area contributed by atoms with E-state index in [2.05, 4.69) is 151 Å². The Balaban J connectivity index is 1.00. The van der Waals surface area contributed by atoms with Crippen molar-refractivity contribution in [2.45, 2.75) is 6.92 Å². The van der Waals surface area contributed by atoms with E-state index in [4.69, 9.17) is 19.9 Å². The summed E-state index contributed by atoms with van der Waals surface area (Å²) in [7, 11) is 0. The maximum atomic E-state index is 5.26. The highest BCUT2D eigenvalue weighted by Gasteiger charge is 2.15. The van der Waals surface area contributed by atoms with Gasteiger partial charge >= 0.3 is 0 Å². The van der Waals surface area contributed by atoms with Gasteiger partial charge in [-0.3, -0.25) is 9.97 Å². The van der Waals surface area contributed by atoms with Crippen molar-refractivity contribution in [1.82, 2.24) is 24.9 Å². The predicted molar refractivity (Wildman–Crippen MR) is 233 cm³/mol. The van der Waals surface area contributed by atoms with Gasteiger partial charge in [-0.15, -0.1) is 0 Å². The first-order valence-corrected chi connectivity index (χ1v) is 19.1.